The first-order chi connectivity index (χ1) is 10.9. The van der Waals surface area contributed by atoms with Gasteiger partial charge in [-0.1, -0.05) is 31.4 Å². The summed E-state index contributed by atoms with van der Waals surface area (Å²) in [5.74, 6) is 1.10. The number of benzene rings is 1. The summed E-state index contributed by atoms with van der Waals surface area (Å²) in [7, 11) is 0. The SMILES string of the molecule is c1ccc2c(c1)N=C(NCc1cncs1)C1(CCCCC1)N2. The summed E-state index contributed by atoms with van der Waals surface area (Å²) in [5, 5.41) is 7.37. The summed E-state index contributed by atoms with van der Waals surface area (Å²) in [5.41, 5.74) is 4.05. The average molecular weight is 312 g/mol. The van der Waals surface area contributed by atoms with Gasteiger partial charge in [-0.2, -0.15) is 0 Å². The molecule has 2 aromatic rings. The molecule has 1 aliphatic heterocycles. The number of rotatable bonds is 2. The molecule has 0 unspecified atom stereocenters. The highest BCUT2D eigenvalue weighted by molar-refractivity contribution is 7.09. The molecule has 5 heteroatoms. The monoisotopic (exact) mass is 312 g/mol. The fourth-order valence-electron chi connectivity index (χ4n) is 3.45. The Labute approximate surface area is 134 Å². The Morgan fingerprint density at radius 3 is 2.86 bits per heavy atom. The van der Waals surface area contributed by atoms with Crippen LogP contribution in [0.5, 0.6) is 0 Å². The van der Waals surface area contributed by atoms with Crippen LogP contribution >= 0.6 is 11.3 Å². The molecule has 2 heterocycles. The maximum absolute atomic E-state index is 4.95. The van der Waals surface area contributed by atoms with Gasteiger partial charge in [0.15, 0.2) is 0 Å². The normalized spacial score (nSPS) is 19.2. The average Bonchev–Trinajstić information content (AvgIpc) is 3.07. The molecule has 4 rings (SSSR count). The van der Waals surface area contributed by atoms with Crippen LogP contribution in [0.3, 0.4) is 0 Å². The van der Waals surface area contributed by atoms with E-state index < -0.39 is 0 Å². The minimum atomic E-state index is -0.0166. The van der Waals surface area contributed by atoms with Crippen LogP contribution in [-0.4, -0.2) is 16.4 Å². The van der Waals surface area contributed by atoms with Crippen LogP contribution < -0.4 is 10.6 Å². The maximum atomic E-state index is 4.95. The fourth-order valence-corrected chi connectivity index (χ4v) is 3.98. The van der Waals surface area contributed by atoms with Crippen molar-refractivity contribution < 1.29 is 0 Å². The highest BCUT2D eigenvalue weighted by atomic mass is 32.1. The van der Waals surface area contributed by atoms with Crippen LogP contribution in [0.25, 0.3) is 0 Å². The van der Waals surface area contributed by atoms with Crippen LogP contribution in [0.4, 0.5) is 11.4 Å². The van der Waals surface area contributed by atoms with Gasteiger partial charge in [-0.3, -0.25) is 4.98 Å². The lowest BCUT2D eigenvalue weighted by atomic mass is 9.79. The fraction of sp³-hybridized carbons (Fsp3) is 0.412. The summed E-state index contributed by atoms with van der Waals surface area (Å²) >= 11 is 1.68. The predicted molar refractivity (Wildman–Crippen MR) is 91.9 cm³/mol. The van der Waals surface area contributed by atoms with E-state index in [4.69, 9.17) is 4.99 Å². The molecule has 0 amide bonds. The van der Waals surface area contributed by atoms with E-state index in [0.717, 1.165) is 36.6 Å². The molecule has 22 heavy (non-hydrogen) atoms. The zero-order valence-electron chi connectivity index (χ0n) is 12.5. The molecule has 1 spiro atoms. The van der Waals surface area contributed by atoms with E-state index in [1.165, 1.54) is 24.1 Å². The van der Waals surface area contributed by atoms with Crippen molar-refractivity contribution in [1.29, 1.82) is 0 Å². The largest absolute Gasteiger partial charge is 0.371 e. The first kappa shape index (κ1) is 13.8. The van der Waals surface area contributed by atoms with Crippen molar-refractivity contribution in [3.8, 4) is 0 Å². The van der Waals surface area contributed by atoms with Gasteiger partial charge in [0, 0.05) is 11.1 Å². The quantitative estimate of drug-likeness (QED) is 0.878. The van der Waals surface area contributed by atoms with Crippen LogP contribution in [0.1, 0.15) is 37.0 Å². The Balaban J connectivity index is 1.65. The Morgan fingerprint density at radius 1 is 1.18 bits per heavy atom. The Morgan fingerprint density at radius 2 is 2.05 bits per heavy atom. The van der Waals surface area contributed by atoms with Crippen molar-refractivity contribution >= 4 is 28.5 Å². The molecule has 1 aliphatic carbocycles. The molecule has 1 aromatic heterocycles. The lowest BCUT2D eigenvalue weighted by molar-refractivity contribution is 0.396. The van der Waals surface area contributed by atoms with Crippen molar-refractivity contribution in [3.05, 3.63) is 40.8 Å². The molecular weight excluding hydrogens is 292 g/mol. The van der Waals surface area contributed by atoms with E-state index in [-0.39, 0.29) is 5.54 Å². The third-order valence-corrected chi connectivity index (χ3v) is 5.36. The molecule has 114 valence electrons. The number of amidine groups is 1. The summed E-state index contributed by atoms with van der Waals surface area (Å²) < 4.78 is 0. The number of aromatic nitrogens is 1. The van der Waals surface area contributed by atoms with E-state index in [1.54, 1.807) is 11.3 Å². The van der Waals surface area contributed by atoms with Gasteiger partial charge < -0.3 is 10.6 Å². The third kappa shape index (κ3) is 2.50. The lowest BCUT2D eigenvalue weighted by Crippen LogP contribution is -2.54. The molecule has 2 N–H and O–H groups in total. The van der Waals surface area contributed by atoms with Crippen LogP contribution in [0.15, 0.2) is 41.0 Å². The van der Waals surface area contributed by atoms with Gasteiger partial charge in [0.05, 0.1) is 29.0 Å². The first-order valence-electron chi connectivity index (χ1n) is 7.93. The first-order valence-corrected chi connectivity index (χ1v) is 8.81. The second kappa shape index (κ2) is 5.72. The molecule has 2 aliphatic rings. The summed E-state index contributed by atoms with van der Waals surface area (Å²) in [6.07, 6.45) is 8.07. The Kier molecular flexibility index (Phi) is 3.58. The van der Waals surface area contributed by atoms with Gasteiger partial charge in [0.1, 0.15) is 5.84 Å². The molecule has 0 bridgehead atoms. The van der Waals surface area contributed by atoms with Crippen molar-refractivity contribution in [2.45, 2.75) is 44.2 Å². The van der Waals surface area contributed by atoms with E-state index in [9.17, 15) is 0 Å². The van der Waals surface area contributed by atoms with Gasteiger partial charge in [-0.25, -0.2) is 4.99 Å². The van der Waals surface area contributed by atoms with Crippen molar-refractivity contribution in [3.63, 3.8) is 0 Å². The lowest BCUT2D eigenvalue weighted by Gasteiger charge is -2.42. The van der Waals surface area contributed by atoms with E-state index in [2.05, 4.69) is 33.8 Å². The topological polar surface area (TPSA) is 49.3 Å². The standard InChI is InChI=1S/C17H20N4S/c1-4-8-17(9-5-1)16(19-11-13-10-18-12-22-13)20-14-6-2-3-7-15(14)21-17/h2-3,6-7,10,12,21H,1,4-5,8-9,11H2,(H,19,20). The number of hydrogen-bond acceptors (Lipinski definition) is 5. The molecule has 1 saturated carbocycles. The van der Waals surface area contributed by atoms with E-state index in [0.29, 0.717) is 0 Å². The molecule has 4 nitrogen and oxygen atoms in total. The number of fused-ring (bicyclic) bond motifs is 1. The number of anilines is 1. The number of para-hydroxylation sites is 2. The number of aliphatic imine (C=N–C) groups is 1. The minimum absolute atomic E-state index is 0.0166. The van der Waals surface area contributed by atoms with Gasteiger partial charge in [-0.05, 0) is 25.0 Å². The maximum Gasteiger partial charge on any atom is 0.128 e. The molecule has 0 atom stereocenters. The smallest absolute Gasteiger partial charge is 0.128 e. The van der Waals surface area contributed by atoms with E-state index in [1.807, 2.05) is 17.8 Å². The van der Waals surface area contributed by atoms with Crippen molar-refractivity contribution in [2.24, 2.45) is 4.99 Å². The Hall–Kier alpha value is -1.88. The van der Waals surface area contributed by atoms with Gasteiger partial charge in [0.2, 0.25) is 0 Å². The number of thiazole rings is 1. The summed E-state index contributed by atoms with van der Waals surface area (Å²) in [4.78, 5) is 10.3. The number of hydrogen-bond donors (Lipinski definition) is 2. The van der Waals surface area contributed by atoms with Gasteiger partial charge >= 0.3 is 0 Å². The number of nitrogens with zero attached hydrogens (tertiary/aromatic N) is 2. The van der Waals surface area contributed by atoms with Crippen molar-refractivity contribution in [1.82, 2.24) is 10.3 Å². The van der Waals surface area contributed by atoms with Gasteiger partial charge in [0.25, 0.3) is 0 Å². The number of nitrogens with one attached hydrogen (secondary N) is 2. The zero-order valence-corrected chi connectivity index (χ0v) is 13.3. The highest BCUT2D eigenvalue weighted by Gasteiger charge is 2.40. The second-order valence-electron chi connectivity index (χ2n) is 6.07. The predicted octanol–water partition coefficient (Wildman–Crippen LogP) is 4.09. The van der Waals surface area contributed by atoms with Crippen molar-refractivity contribution in [2.75, 3.05) is 5.32 Å². The summed E-state index contributed by atoms with van der Waals surface area (Å²) in [6, 6.07) is 8.33. The van der Waals surface area contributed by atoms with Crippen LogP contribution in [0.2, 0.25) is 0 Å². The summed E-state index contributed by atoms with van der Waals surface area (Å²) in [6.45, 7) is 0.801. The van der Waals surface area contributed by atoms with Gasteiger partial charge in [-0.15, -0.1) is 11.3 Å². The molecule has 1 fully saturated rings. The minimum Gasteiger partial charge on any atom is -0.371 e. The molecule has 0 radical (unpaired) electrons. The Bertz CT molecular complexity index is 672. The third-order valence-electron chi connectivity index (χ3n) is 4.58. The molecule has 1 aromatic carbocycles. The zero-order chi connectivity index (χ0) is 14.8. The van der Waals surface area contributed by atoms with Crippen LogP contribution in [0, 0.1) is 0 Å². The molecule has 0 saturated heterocycles. The van der Waals surface area contributed by atoms with E-state index >= 15 is 0 Å². The van der Waals surface area contributed by atoms with Crippen LogP contribution in [-0.2, 0) is 6.54 Å². The highest BCUT2D eigenvalue weighted by Crippen LogP contribution is 2.40. The molecular formula is C17H20N4S. The second-order valence-corrected chi connectivity index (χ2v) is 7.04.